The zero-order chi connectivity index (χ0) is 14.7. The maximum atomic E-state index is 13.5. The average Bonchev–Trinajstić information content (AvgIpc) is 2.90. The third-order valence-electron chi connectivity index (χ3n) is 3.42. The van der Waals surface area contributed by atoms with Gasteiger partial charge in [0.1, 0.15) is 5.82 Å². The van der Waals surface area contributed by atoms with Crippen LogP contribution in [0.1, 0.15) is 22.3 Å². The zero-order valence-electron chi connectivity index (χ0n) is 11.5. The molecular formula is C14H17ClFNO4. The van der Waals surface area contributed by atoms with Crippen LogP contribution in [0.25, 0.3) is 0 Å². The summed E-state index contributed by atoms with van der Waals surface area (Å²) in [5.41, 5.74) is 0.664. The van der Waals surface area contributed by atoms with Crippen LogP contribution in [0, 0.1) is 11.7 Å². The van der Waals surface area contributed by atoms with Gasteiger partial charge in [-0.1, -0.05) is 0 Å². The topological polar surface area (TPSA) is 66.8 Å². The second-order valence-electron chi connectivity index (χ2n) is 4.81. The van der Waals surface area contributed by atoms with Crippen molar-refractivity contribution in [1.82, 2.24) is 4.90 Å². The smallest absolute Gasteiger partial charge is 0.308 e. The molecule has 5 nitrogen and oxygen atoms in total. The molecule has 0 saturated carbocycles. The molecule has 7 heteroatoms. The third-order valence-corrected chi connectivity index (χ3v) is 3.42. The largest absolute Gasteiger partial charge is 0.481 e. The first-order valence-electron chi connectivity index (χ1n) is 6.32. The molecule has 0 aliphatic carbocycles. The summed E-state index contributed by atoms with van der Waals surface area (Å²) in [4.78, 5) is 24.6. The second kappa shape index (κ2) is 7.38. The number of hydrogen-bond donors (Lipinski definition) is 1. The van der Waals surface area contributed by atoms with E-state index >= 15 is 0 Å². The molecule has 0 bridgehead atoms. The van der Waals surface area contributed by atoms with Crippen LogP contribution in [-0.2, 0) is 16.1 Å². The van der Waals surface area contributed by atoms with E-state index in [0.29, 0.717) is 24.1 Å². The lowest BCUT2D eigenvalue weighted by Crippen LogP contribution is -2.30. The molecule has 116 valence electrons. The maximum absolute atomic E-state index is 13.5. The van der Waals surface area contributed by atoms with E-state index in [1.165, 1.54) is 30.2 Å². The monoisotopic (exact) mass is 317 g/mol. The molecule has 21 heavy (non-hydrogen) atoms. The fraction of sp³-hybridized carbons (Fsp3) is 0.429. The van der Waals surface area contributed by atoms with Crippen molar-refractivity contribution in [3.05, 3.63) is 35.1 Å². The highest BCUT2D eigenvalue weighted by atomic mass is 35.5. The summed E-state index contributed by atoms with van der Waals surface area (Å²) in [7, 11) is 1.45. The number of nitrogens with zero attached hydrogens (tertiary/aromatic N) is 1. The van der Waals surface area contributed by atoms with Gasteiger partial charge in [0.25, 0.3) is 5.91 Å². The number of benzene rings is 1. The molecule has 1 aliphatic heterocycles. The minimum Gasteiger partial charge on any atom is -0.481 e. The van der Waals surface area contributed by atoms with Crippen LogP contribution in [0.5, 0.6) is 0 Å². The lowest BCUT2D eigenvalue weighted by Gasteiger charge is -2.16. The Kier molecular flexibility index (Phi) is 6.11. The number of amides is 1. The number of ether oxygens (including phenoxy) is 1. The van der Waals surface area contributed by atoms with Crippen molar-refractivity contribution in [3.63, 3.8) is 0 Å². The van der Waals surface area contributed by atoms with E-state index in [0.717, 1.165) is 0 Å². The predicted octanol–water partition coefficient (Wildman–Crippen LogP) is 1.94. The number of carboxylic acids is 1. The molecule has 1 aliphatic rings. The average molecular weight is 318 g/mol. The van der Waals surface area contributed by atoms with E-state index in [2.05, 4.69) is 0 Å². The lowest BCUT2D eigenvalue weighted by molar-refractivity contribution is -0.141. The summed E-state index contributed by atoms with van der Waals surface area (Å²) in [6.45, 7) is 0.697. The Morgan fingerprint density at radius 2 is 2.19 bits per heavy atom. The van der Waals surface area contributed by atoms with Gasteiger partial charge in [-0.15, -0.1) is 12.4 Å². The molecule has 2 rings (SSSR count). The van der Waals surface area contributed by atoms with Crippen LogP contribution >= 0.6 is 12.4 Å². The Morgan fingerprint density at radius 1 is 1.48 bits per heavy atom. The van der Waals surface area contributed by atoms with E-state index in [4.69, 9.17) is 9.84 Å². The summed E-state index contributed by atoms with van der Waals surface area (Å²) in [6.07, 6.45) is 0.452. The van der Waals surface area contributed by atoms with Crippen LogP contribution in [-0.4, -0.2) is 42.1 Å². The Balaban J connectivity index is 0.00000220. The van der Waals surface area contributed by atoms with Crippen LogP contribution in [0.2, 0.25) is 0 Å². The molecule has 1 fully saturated rings. The quantitative estimate of drug-likeness (QED) is 0.921. The lowest BCUT2D eigenvalue weighted by atomic mass is 10.1. The Labute approximate surface area is 128 Å². The number of aliphatic carboxylic acids is 1. The van der Waals surface area contributed by atoms with Crippen LogP contribution < -0.4 is 0 Å². The maximum Gasteiger partial charge on any atom is 0.308 e. The Hall–Kier alpha value is -1.66. The first-order valence-corrected chi connectivity index (χ1v) is 6.32. The Bertz CT molecular complexity index is 538. The van der Waals surface area contributed by atoms with Gasteiger partial charge in [-0.05, 0) is 24.6 Å². The van der Waals surface area contributed by atoms with Crippen molar-refractivity contribution in [2.75, 3.05) is 20.2 Å². The van der Waals surface area contributed by atoms with Gasteiger partial charge >= 0.3 is 5.97 Å². The summed E-state index contributed by atoms with van der Waals surface area (Å²) < 4.78 is 18.4. The van der Waals surface area contributed by atoms with Gasteiger partial charge in [0.05, 0.1) is 12.5 Å². The molecule has 0 aromatic heterocycles. The summed E-state index contributed by atoms with van der Waals surface area (Å²) in [5.74, 6) is -2.10. The van der Waals surface area contributed by atoms with Crippen molar-refractivity contribution < 1.29 is 23.8 Å². The normalized spacial score (nSPS) is 17.4. The van der Waals surface area contributed by atoms with Crippen LogP contribution in [0.15, 0.2) is 18.2 Å². The first-order chi connectivity index (χ1) is 9.52. The summed E-state index contributed by atoms with van der Waals surface area (Å²) in [5, 5.41) is 8.93. The number of carbonyl (C=O) groups is 2. The highest BCUT2D eigenvalue weighted by Gasteiger charge is 2.31. The highest BCUT2D eigenvalue weighted by Crippen LogP contribution is 2.20. The van der Waals surface area contributed by atoms with Crippen LogP contribution in [0.4, 0.5) is 4.39 Å². The van der Waals surface area contributed by atoms with E-state index < -0.39 is 17.7 Å². The van der Waals surface area contributed by atoms with Crippen molar-refractivity contribution in [1.29, 1.82) is 0 Å². The van der Waals surface area contributed by atoms with Gasteiger partial charge in [-0.25, -0.2) is 4.39 Å². The molecular weight excluding hydrogens is 301 g/mol. The van der Waals surface area contributed by atoms with Gasteiger partial charge in [0.2, 0.25) is 0 Å². The number of halogens is 2. The molecule has 1 atom stereocenters. The minimum atomic E-state index is -0.889. The van der Waals surface area contributed by atoms with Crippen LogP contribution in [0.3, 0.4) is 0 Å². The number of likely N-dealkylation sites (tertiary alicyclic amines) is 1. The summed E-state index contributed by atoms with van der Waals surface area (Å²) in [6, 6.07) is 4.09. The van der Waals surface area contributed by atoms with Crippen molar-refractivity contribution in [2.45, 2.75) is 13.0 Å². The zero-order valence-corrected chi connectivity index (χ0v) is 12.4. The standard InChI is InChI=1S/C14H16FNO4.ClH/c1-20-8-11-6-9(2-3-12(11)15)13(17)16-5-4-10(7-16)14(18)19;/h2-3,6,10H,4-5,7-8H2,1H3,(H,18,19);1H. The molecule has 1 unspecified atom stereocenters. The second-order valence-corrected chi connectivity index (χ2v) is 4.81. The summed E-state index contributed by atoms with van der Waals surface area (Å²) >= 11 is 0. The van der Waals surface area contributed by atoms with Gasteiger partial charge in [-0.3, -0.25) is 9.59 Å². The third kappa shape index (κ3) is 3.92. The molecule has 1 aromatic rings. The molecule has 1 aromatic carbocycles. The number of rotatable bonds is 4. The molecule has 0 radical (unpaired) electrons. The number of carboxylic acid groups (broad SMARTS) is 1. The van der Waals surface area contributed by atoms with Gasteiger partial charge < -0.3 is 14.7 Å². The van der Waals surface area contributed by atoms with Gasteiger partial charge in [0.15, 0.2) is 0 Å². The van der Waals surface area contributed by atoms with E-state index in [1.807, 2.05) is 0 Å². The highest BCUT2D eigenvalue weighted by molar-refractivity contribution is 5.95. The minimum absolute atomic E-state index is 0. The first kappa shape index (κ1) is 17.4. The number of carbonyl (C=O) groups excluding carboxylic acids is 1. The Morgan fingerprint density at radius 3 is 2.76 bits per heavy atom. The number of methoxy groups -OCH3 is 1. The van der Waals surface area contributed by atoms with E-state index in [1.54, 1.807) is 0 Å². The van der Waals surface area contributed by atoms with Crippen molar-refractivity contribution >= 4 is 24.3 Å². The molecule has 1 heterocycles. The molecule has 1 saturated heterocycles. The van der Waals surface area contributed by atoms with Gasteiger partial charge in [0, 0.05) is 31.3 Å². The molecule has 1 N–H and O–H groups in total. The molecule has 0 spiro atoms. The van der Waals surface area contributed by atoms with E-state index in [9.17, 15) is 14.0 Å². The number of hydrogen-bond acceptors (Lipinski definition) is 3. The SMILES string of the molecule is COCc1cc(C(=O)N2CCC(C(=O)O)C2)ccc1F.Cl. The fourth-order valence-corrected chi connectivity index (χ4v) is 2.30. The van der Waals surface area contributed by atoms with Crippen molar-refractivity contribution in [3.8, 4) is 0 Å². The predicted molar refractivity (Wildman–Crippen MR) is 76.0 cm³/mol. The molecule has 1 amide bonds. The van der Waals surface area contributed by atoms with Gasteiger partial charge in [-0.2, -0.15) is 0 Å². The van der Waals surface area contributed by atoms with Crippen molar-refractivity contribution in [2.24, 2.45) is 5.92 Å². The van der Waals surface area contributed by atoms with E-state index in [-0.39, 0.29) is 31.5 Å². The fourth-order valence-electron chi connectivity index (χ4n) is 2.30.